The van der Waals surface area contributed by atoms with E-state index < -0.39 is 0 Å². The van der Waals surface area contributed by atoms with Crippen molar-refractivity contribution in [1.29, 1.82) is 0 Å². The Morgan fingerprint density at radius 3 is 2.38 bits per heavy atom. The van der Waals surface area contributed by atoms with E-state index in [1.165, 1.54) is 19.3 Å². The van der Waals surface area contributed by atoms with Crippen LogP contribution in [0.2, 0.25) is 0 Å². The first kappa shape index (κ1) is 17.7. The molecule has 1 saturated carbocycles. The van der Waals surface area contributed by atoms with E-state index in [-0.39, 0.29) is 11.8 Å². The van der Waals surface area contributed by atoms with Crippen molar-refractivity contribution >= 4 is 11.8 Å². The highest BCUT2D eigenvalue weighted by atomic mass is 16.2. The first-order valence-electron chi connectivity index (χ1n) is 9.62. The molecule has 3 fully saturated rings. The number of carbonyl (C=O) groups excluding carboxylic acids is 2. The van der Waals surface area contributed by atoms with E-state index in [0.717, 1.165) is 58.5 Å². The molecule has 6 nitrogen and oxygen atoms in total. The van der Waals surface area contributed by atoms with Crippen LogP contribution in [0.4, 0.5) is 0 Å². The van der Waals surface area contributed by atoms with Gasteiger partial charge in [-0.05, 0) is 25.8 Å². The third-order valence-electron chi connectivity index (χ3n) is 5.97. The third kappa shape index (κ3) is 4.28. The number of amides is 2. The van der Waals surface area contributed by atoms with Gasteiger partial charge in [-0.25, -0.2) is 0 Å². The minimum atomic E-state index is 0.163. The van der Waals surface area contributed by atoms with E-state index in [4.69, 9.17) is 0 Å². The summed E-state index contributed by atoms with van der Waals surface area (Å²) in [6.07, 6.45) is 7.08. The van der Waals surface area contributed by atoms with E-state index in [2.05, 4.69) is 10.2 Å². The molecule has 0 spiro atoms. The zero-order chi connectivity index (χ0) is 16.9. The summed E-state index contributed by atoms with van der Waals surface area (Å²) in [7, 11) is 1.96. The molecule has 0 bridgehead atoms. The van der Waals surface area contributed by atoms with Crippen molar-refractivity contribution in [3.8, 4) is 0 Å². The Kier molecular flexibility index (Phi) is 6.11. The van der Waals surface area contributed by atoms with Crippen LogP contribution in [0.15, 0.2) is 0 Å². The van der Waals surface area contributed by atoms with Crippen LogP contribution in [-0.4, -0.2) is 85.4 Å². The lowest BCUT2D eigenvalue weighted by Crippen LogP contribution is -2.53. The Balaban J connectivity index is 1.41. The normalized spacial score (nSPS) is 26.5. The van der Waals surface area contributed by atoms with E-state index in [0.29, 0.717) is 18.5 Å². The van der Waals surface area contributed by atoms with Gasteiger partial charge < -0.3 is 15.1 Å². The second-order valence-electron chi connectivity index (χ2n) is 7.59. The van der Waals surface area contributed by atoms with Gasteiger partial charge in [0.15, 0.2) is 0 Å². The SMILES string of the molecule is CN(C(=O)CN1CCN(C(=O)C2CCNC2)CC1)C1CCCCC1. The van der Waals surface area contributed by atoms with Gasteiger partial charge in [0.2, 0.25) is 11.8 Å². The average molecular weight is 336 g/mol. The Morgan fingerprint density at radius 2 is 1.75 bits per heavy atom. The summed E-state index contributed by atoms with van der Waals surface area (Å²) in [6, 6.07) is 0.434. The van der Waals surface area contributed by atoms with E-state index >= 15 is 0 Å². The maximum atomic E-state index is 12.5. The number of rotatable bonds is 4. The Labute approximate surface area is 145 Å². The number of likely N-dealkylation sites (N-methyl/N-ethyl adjacent to an activating group) is 1. The highest BCUT2D eigenvalue weighted by molar-refractivity contribution is 5.80. The number of nitrogens with one attached hydrogen (secondary N) is 1. The van der Waals surface area contributed by atoms with E-state index in [9.17, 15) is 9.59 Å². The predicted octanol–water partition coefficient (Wildman–Crippen LogP) is 0.531. The van der Waals surface area contributed by atoms with Crippen LogP contribution < -0.4 is 5.32 Å². The molecule has 1 atom stereocenters. The Bertz CT molecular complexity index is 436. The minimum absolute atomic E-state index is 0.163. The Hall–Kier alpha value is -1.14. The zero-order valence-corrected chi connectivity index (χ0v) is 15.0. The van der Waals surface area contributed by atoms with Gasteiger partial charge in [-0.2, -0.15) is 0 Å². The summed E-state index contributed by atoms with van der Waals surface area (Å²) in [5.74, 6) is 0.697. The van der Waals surface area contributed by atoms with Crippen molar-refractivity contribution in [1.82, 2.24) is 20.0 Å². The monoisotopic (exact) mass is 336 g/mol. The van der Waals surface area contributed by atoms with Crippen LogP contribution in [0.3, 0.4) is 0 Å². The standard InChI is InChI=1S/C18H32N4O2/c1-20(16-5-3-2-4-6-16)17(23)14-21-9-11-22(12-10-21)18(24)15-7-8-19-13-15/h15-16,19H,2-14H2,1H3. The van der Waals surface area contributed by atoms with Gasteiger partial charge in [0.05, 0.1) is 12.5 Å². The van der Waals surface area contributed by atoms with Crippen molar-refractivity contribution in [3.63, 3.8) is 0 Å². The highest BCUT2D eigenvalue weighted by Gasteiger charge is 2.30. The lowest BCUT2D eigenvalue weighted by molar-refractivity contribution is -0.138. The predicted molar refractivity (Wildman–Crippen MR) is 93.6 cm³/mol. The molecular weight excluding hydrogens is 304 g/mol. The molecule has 0 radical (unpaired) electrons. The van der Waals surface area contributed by atoms with Crippen LogP contribution in [0, 0.1) is 5.92 Å². The molecule has 2 saturated heterocycles. The molecule has 0 aromatic heterocycles. The molecule has 3 aliphatic rings. The van der Waals surface area contributed by atoms with Crippen molar-refractivity contribution < 1.29 is 9.59 Å². The van der Waals surface area contributed by atoms with Crippen LogP contribution in [0.5, 0.6) is 0 Å². The molecule has 2 aliphatic heterocycles. The number of nitrogens with zero attached hydrogens (tertiary/aromatic N) is 3. The van der Waals surface area contributed by atoms with Gasteiger partial charge in [0, 0.05) is 45.8 Å². The van der Waals surface area contributed by atoms with Gasteiger partial charge in [-0.3, -0.25) is 14.5 Å². The molecule has 1 N–H and O–H groups in total. The smallest absolute Gasteiger partial charge is 0.236 e. The molecule has 6 heteroatoms. The fourth-order valence-electron chi connectivity index (χ4n) is 4.22. The Morgan fingerprint density at radius 1 is 1.04 bits per heavy atom. The molecule has 136 valence electrons. The number of carbonyl (C=O) groups is 2. The van der Waals surface area contributed by atoms with Crippen LogP contribution in [-0.2, 0) is 9.59 Å². The largest absolute Gasteiger partial charge is 0.342 e. The fourth-order valence-corrected chi connectivity index (χ4v) is 4.22. The second kappa shape index (κ2) is 8.30. The van der Waals surface area contributed by atoms with Crippen molar-refractivity contribution in [2.45, 2.75) is 44.6 Å². The van der Waals surface area contributed by atoms with Gasteiger partial charge in [-0.1, -0.05) is 19.3 Å². The average Bonchev–Trinajstić information content (AvgIpc) is 3.16. The minimum Gasteiger partial charge on any atom is -0.342 e. The van der Waals surface area contributed by atoms with Gasteiger partial charge in [0.1, 0.15) is 0 Å². The summed E-state index contributed by atoms with van der Waals surface area (Å²) >= 11 is 0. The fraction of sp³-hybridized carbons (Fsp3) is 0.889. The van der Waals surface area contributed by atoms with E-state index in [1.807, 2.05) is 16.8 Å². The summed E-state index contributed by atoms with van der Waals surface area (Å²) in [5, 5.41) is 3.26. The lowest BCUT2D eigenvalue weighted by Gasteiger charge is -2.37. The summed E-state index contributed by atoms with van der Waals surface area (Å²) in [4.78, 5) is 31.1. The molecule has 2 amide bonds. The van der Waals surface area contributed by atoms with Crippen LogP contribution in [0.25, 0.3) is 0 Å². The van der Waals surface area contributed by atoms with Crippen molar-refractivity contribution in [3.05, 3.63) is 0 Å². The van der Waals surface area contributed by atoms with Gasteiger partial charge in [-0.15, -0.1) is 0 Å². The second-order valence-corrected chi connectivity index (χ2v) is 7.59. The molecule has 24 heavy (non-hydrogen) atoms. The first-order valence-corrected chi connectivity index (χ1v) is 9.62. The molecular formula is C18H32N4O2. The summed E-state index contributed by atoms with van der Waals surface area (Å²) in [5.41, 5.74) is 0. The third-order valence-corrected chi connectivity index (χ3v) is 5.97. The molecule has 3 rings (SSSR count). The number of hydrogen-bond donors (Lipinski definition) is 1. The number of piperazine rings is 1. The molecule has 0 aromatic carbocycles. The molecule has 1 aliphatic carbocycles. The van der Waals surface area contributed by atoms with Crippen LogP contribution >= 0.6 is 0 Å². The molecule has 1 unspecified atom stereocenters. The van der Waals surface area contributed by atoms with Gasteiger partial charge in [0.25, 0.3) is 0 Å². The van der Waals surface area contributed by atoms with Gasteiger partial charge >= 0.3 is 0 Å². The first-order chi connectivity index (χ1) is 11.6. The quantitative estimate of drug-likeness (QED) is 0.814. The highest BCUT2D eigenvalue weighted by Crippen LogP contribution is 2.22. The maximum absolute atomic E-state index is 12.5. The summed E-state index contributed by atoms with van der Waals surface area (Å²) < 4.78 is 0. The van der Waals surface area contributed by atoms with Crippen LogP contribution in [0.1, 0.15) is 38.5 Å². The van der Waals surface area contributed by atoms with E-state index in [1.54, 1.807) is 0 Å². The molecule has 2 heterocycles. The van der Waals surface area contributed by atoms with Crippen molar-refractivity contribution in [2.24, 2.45) is 5.92 Å². The summed E-state index contributed by atoms with van der Waals surface area (Å²) in [6.45, 7) is 5.43. The topological polar surface area (TPSA) is 55.9 Å². The maximum Gasteiger partial charge on any atom is 0.236 e. The van der Waals surface area contributed by atoms with Crippen molar-refractivity contribution in [2.75, 3.05) is 52.9 Å². The molecule has 0 aromatic rings. The zero-order valence-electron chi connectivity index (χ0n) is 15.0. The lowest BCUT2D eigenvalue weighted by atomic mass is 9.94. The number of hydrogen-bond acceptors (Lipinski definition) is 4.